The zero-order chi connectivity index (χ0) is 41.5. The highest BCUT2D eigenvalue weighted by molar-refractivity contribution is 7.26. The molecule has 0 amide bonds. The summed E-state index contributed by atoms with van der Waals surface area (Å²) in [7, 11) is 0. The summed E-state index contributed by atoms with van der Waals surface area (Å²) in [6, 6.07) is 85.4. The van der Waals surface area contributed by atoms with Crippen molar-refractivity contribution >= 4 is 76.4 Å². The van der Waals surface area contributed by atoms with Gasteiger partial charge in [0.25, 0.3) is 0 Å². The van der Waals surface area contributed by atoms with Crippen molar-refractivity contribution in [3.63, 3.8) is 0 Å². The molecule has 1 heterocycles. The van der Waals surface area contributed by atoms with Crippen molar-refractivity contribution in [1.82, 2.24) is 0 Å². The van der Waals surface area contributed by atoms with Crippen LogP contribution in [0.15, 0.2) is 231 Å². The number of benzene rings is 10. The van der Waals surface area contributed by atoms with E-state index in [1.807, 2.05) is 11.3 Å². The molecule has 0 bridgehead atoms. The third-order valence-electron chi connectivity index (χ3n) is 13.5. The first-order valence-corrected chi connectivity index (χ1v) is 22.6. The summed E-state index contributed by atoms with van der Waals surface area (Å²) in [5.74, 6) is 0. The summed E-state index contributed by atoms with van der Waals surface area (Å²) in [5.41, 5.74) is 17.3. The van der Waals surface area contributed by atoms with E-state index < -0.39 is 5.41 Å². The highest BCUT2D eigenvalue weighted by Gasteiger charge is 2.49. The van der Waals surface area contributed by atoms with Crippen molar-refractivity contribution in [3.05, 3.63) is 264 Å². The first kappa shape index (κ1) is 36.0. The first-order valence-electron chi connectivity index (χ1n) is 21.8. The highest BCUT2D eigenvalue weighted by Crippen LogP contribution is 2.60. The maximum atomic E-state index is 2.47. The Kier molecular flexibility index (Phi) is 8.09. The maximum absolute atomic E-state index is 2.47. The monoisotopic (exact) mass is 820 g/mol. The van der Waals surface area contributed by atoms with Gasteiger partial charge in [0.2, 0.25) is 0 Å². The van der Waals surface area contributed by atoms with E-state index in [0.29, 0.717) is 0 Å². The highest BCUT2D eigenvalue weighted by atomic mass is 32.1. The Balaban J connectivity index is 1.02. The van der Waals surface area contributed by atoms with E-state index in [1.165, 1.54) is 81.1 Å². The normalized spacial score (nSPS) is 13.1. The number of para-hydroxylation sites is 3. The summed E-state index contributed by atoms with van der Waals surface area (Å²) in [5, 5.41) is 5.02. The van der Waals surface area contributed by atoms with Gasteiger partial charge in [0.05, 0.1) is 11.1 Å². The van der Waals surface area contributed by atoms with E-state index in [9.17, 15) is 0 Å². The summed E-state index contributed by atoms with van der Waals surface area (Å²) >= 11 is 1.89. The fraction of sp³-hybridized carbons (Fsp3) is 0.0333. The van der Waals surface area contributed by atoms with Gasteiger partial charge < -0.3 is 9.80 Å². The average Bonchev–Trinajstić information content (AvgIpc) is 3.86. The molecule has 0 atom stereocenters. The fourth-order valence-electron chi connectivity index (χ4n) is 10.9. The van der Waals surface area contributed by atoms with E-state index >= 15 is 0 Å². The van der Waals surface area contributed by atoms with Gasteiger partial charge in [0, 0.05) is 59.4 Å². The lowest BCUT2D eigenvalue weighted by Crippen LogP contribution is -2.34. The number of rotatable bonds is 6. The van der Waals surface area contributed by atoms with Crippen molar-refractivity contribution in [2.45, 2.75) is 11.8 Å². The zero-order valence-electron chi connectivity index (χ0n) is 34.4. The maximum Gasteiger partial charge on any atom is 0.0719 e. The van der Waals surface area contributed by atoms with Crippen LogP contribution in [0.1, 0.15) is 33.4 Å². The van der Waals surface area contributed by atoms with E-state index in [1.54, 1.807) is 0 Å². The Bertz CT molecular complexity index is 3470. The van der Waals surface area contributed by atoms with E-state index in [0.717, 1.165) is 34.9 Å². The van der Waals surface area contributed by atoms with Crippen molar-refractivity contribution in [3.8, 4) is 11.1 Å². The van der Waals surface area contributed by atoms with Gasteiger partial charge in [-0.2, -0.15) is 0 Å². The number of anilines is 6. The second-order valence-corrected chi connectivity index (χ2v) is 17.8. The molecule has 296 valence electrons. The van der Waals surface area contributed by atoms with E-state index in [-0.39, 0.29) is 0 Å². The van der Waals surface area contributed by atoms with Crippen LogP contribution in [0.25, 0.3) is 42.1 Å². The van der Waals surface area contributed by atoms with Crippen LogP contribution >= 0.6 is 11.3 Å². The van der Waals surface area contributed by atoms with Crippen LogP contribution in [0.4, 0.5) is 34.1 Å². The molecule has 11 aromatic rings. The first-order chi connectivity index (χ1) is 31.3. The van der Waals surface area contributed by atoms with Crippen LogP contribution in [-0.4, -0.2) is 0 Å². The van der Waals surface area contributed by atoms with Gasteiger partial charge in [0.1, 0.15) is 0 Å². The van der Waals surface area contributed by atoms with Gasteiger partial charge in [-0.05, 0) is 124 Å². The Labute approximate surface area is 371 Å². The average molecular weight is 821 g/mol. The van der Waals surface area contributed by atoms with Crippen LogP contribution in [0.5, 0.6) is 0 Å². The van der Waals surface area contributed by atoms with Gasteiger partial charge in [-0.25, -0.2) is 0 Å². The summed E-state index contributed by atoms with van der Waals surface area (Å²) in [6.45, 7) is 0. The molecule has 2 aliphatic carbocycles. The number of fused-ring (bicyclic) bond motifs is 14. The largest absolute Gasteiger partial charge is 0.310 e. The molecular formula is C60H40N2S. The number of thiophene rings is 1. The number of nitrogens with zero attached hydrogens (tertiary/aromatic N) is 2. The van der Waals surface area contributed by atoms with Crippen LogP contribution < -0.4 is 9.80 Å². The van der Waals surface area contributed by atoms with Crippen molar-refractivity contribution in [1.29, 1.82) is 0 Å². The molecular weight excluding hydrogens is 781 g/mol. The second-order valence-electron chi connectivity index (χ2n) is 16.8. The third kappa shape index (κ3) is 5.37. The predicted molar refractivity (Wildman–Crippen MR) is 266 cm³/mol. The quantitative estimate of drug-likeness (QED) is 0.165. The molecule has 13 rings (SSSR count). The van der Waals surface area contributed by atoms with E-state index in [4.69, 9.17) is 0 Å². The zero-order valence-corrected chi connectivity index (χ0v) is 35.3. The Hall–Kier alpha value is -7.72. The number of hydrogen-bond acceptors (Lipinski definition) is 3. The molecule has 1 aromatic heterocycles. The summed E-state index contributed by atoms with van der Waals surface area (Å²) in [4.78, 5) is 4.86. The Morgan fingerprint density at radius 3 is 1.51 bits per heavy atom. The molecule has 2 aliphatic rings. The van der Waals surface area contributed by atoms with E-state index in [2.05, 4.69) is 240 Å². The minimum Gasteiger partial charge on any atom is -0.310 e. The van der Waals surface area contributed by atoms with Gasteiger partial charge in [0.15, 0.2) is 0 Å². The molecule has 0 N–H and O–H groups in total. The Morgan fingerprint density at radius 1 is 0.333 bits per heavy atom. The van der Waals surface area contributed by atoms with Gasteiger partial charge in [-0.15, -0.1) is 11.3 Å². The third-order valence-corrected chi connectivity index (χ3v) is 14.7. The lowest BCUT2D eigenvalue weighted by atomic mass is 9.61. The molecule has 0 saturated heterocycles. The second kappa shape index (κ2) is 14.2. The number of hydrogen-bond donors (Lipinski definition) is 0. The Morgan fingerprint density at radius 2 is 0.841 bits per heavy atom. The standard InChI is InChI=1S/C60H40N2S/c1-4-19-42(20-5-1)61(45-32-34-54-41(37-45)36-40-18-10-15-29-53(40)60(54)55-30-16-13-25-47(55)48-26-14-17-31-56(48)60)46-33-35-58-51(38-46)52-39-57(49-27-11-12-28-50(49)59(52)63-58)62(43-21-6-2-7-22-43)44-23-8-3-9-24-44/h1-35,37-39H,36H2. The molecule has 0 fully saturated rings. The lowest BCUT2D eigenvalue weighted by molar-refractivity contribution is 0.722. The topological polar surface area (TPSA) is 6.48 Å². The minimum atomic E-state index is -0.393. The van der Waals surface area contributed by atoms with Crippen molar-refractivity contribution in [2.75, 3.05) is 9.80 Å². The summed E-state index contributed by atoms with van der Waals surface area (Å²) in [6.07, 6.45) is 0.872. The molecule has 1 spiro atoms. The molecule has 10 aromatic carbocycles. The van der Waals surface area contributed by atoms with Gasteiger partial charge in [-0.3, -0.25) is 0 Å². The van der Waals surface area contributed by atoms with Crippen LogP contribution in [0.3, 0.4) is 0 Å². The molecule has 0 radical (unpaired) electrons. The molecule has 63 heavy (non-hydrogen) atoms. The van der Waals surface area contributed by atoms with Crippen LogP contribution in [-0.2, 0) is 11.8 Å². The predicted octanol–water partition coefficient (Wildman–Crippen LogP) is 16.4. The smallest absolute Gasteiger partial charge is 0.0719 e. The molecule has 2 nitrogen and oxygen atoms in total. The van der Waals surface area contributed by atoms with Crippen molar-refractivity contribution in [2.24, 2.45) is 0 Å². The van der Waals surface area contributed by atoms with Gasteiger partial charge >= 0.3 is 0 Å². The molecule has 3 heteroatoms. The molecule has 0 aliphatic heterocycles. The lowest BCUT2D eigenvalue weighted by Gasteiger charge is -2.40. The van der Waals surface area contributed by atoms with Crippen molar-refractivity contribution < 1.29 is 0 Å². The SMILES string of the molecule is c1ccc(N(c2ccc3c(c2)Cc2ccccc2C32c3ccccc3-c3ccccc32)c2ccc3sc4c5ccccc5c(N(c5ccccc5)c5ccccc5)cc4c3c2)cc1. The van der Waals surface area contributed by atoms with Crippen LogP contribution in [0, 0.1) is 0 Å². The summed E-state index contributed by atoms with van der Waals surface area (Å²) < 4.78 is 2.58. The molecule has 0 saturated carbocycles. The van der Waals surface area contributed by atoms with Crippen LogP contribution in [0.2, 0.25) is 0 Å². The molecule has 0 unspecified atom stereocenters. The van der Waals surface area contributed by atoms with Gasteiger partial charge in [-0.1, -0.05) is 158 Å². The fourth-order valence-corrected chi connectivity index (χ4v) is 12.1. The minimum absolute atomic E-state index is 0.393.